The van der Waals surface area contributed by atoms with Gasteiger partial charge in [-0.25, -0.2) is 14.4 Å². The van der Waals surface area contributed by atoms with Gasteiger partial charge in [0.25, 0.3) is 5.69 Å². The number of hydrogen-bond donors (Lipinski definition) is 2. The van der Waals surface area contributed by atoms with Crippen LogP contribution in [0.4, 0.5) is 10.1 Å². The van der Waals surface area contributed by atoms with E-state index in [1.165, 1.54) is 25.4 Å². The van der Waals surface area contributed by atoms with Gasteiger partial charge >= 0.3 is 0 Å². The standard InChI is InChI=1S/C12H10FN5O3/c1-6-4-9(7(13)5-8(6)18(19)20)21-12-10(11(14)15)16-2-3-17-12/h2-5H,1H3,(H3,14,15). The molecule has 1 aromatic carbocycles. The predicted octanol–water partition coefficient (Wildman–Crippen LogP) is 1.91. The summed E-state index contributed by atoms with van der Waals surface area (Å²) in [6.07, 6.45) is 2.60. The van der Waals surface area contributed by atoms with Crippen LogP contribution in [0.15, 0.2) is 24.5 Å². The first-order chi connectivity index (χ1) is 9.90. The molecule has 0 aliphatic carbocycles. The number of halogens is 1. The molecule has 3 N–H and O–H groups in total. The number of benzene rings is 1. The zero-order chi connectivity index (χ0) is 15.6. The van der Waals surface area contributed by atoms with Gasteiger partial charge < -0.3 is 10.5 Å². The first-order valence-electron chi connectivity index (χ1n) is 5.68. The maximum atomic E-state index is 13.8. The van der Waals surface area contributed by atoms with E-state index >= 15 is 0 Å². The zero-order valence-corrected chi connectivity index (χ0v) is 10.8. The molecule has 9 heteroatoms. The van der Waals surface area contributed by atoms with Gasteiger partial charge in [0.1, 0.15) is 5.84 Å². The summed E-state index contributed by atoms with van der Waals surface area (Å²) in [6.45, 7) is 1.45. The van der Waals surface area contributed by atoms with Crippen molar-refractivity contribution in [2.24, 2.45) is 5.73 Å². The number of hydrogen-bond acceptors (Lipinski definition) is 6. The van der Waals surface area contributed by atoms with Gasteiger partial charge in [0.05, 0.1) is 11.0 Å². The molecule has 0 saturated carbocycles. The fourth-order valence-electron chi connectivity index (χ4n) is 1.61. The lowest BCUT2D eigenvalue weighted by Crippen LogP contribution is -2.15. The predicted molar refractivity (Wildman–Crippen MR) is 70.9 cm³/mol. The molecule has 0 atom stereocenters. The third kappa shape index (κ3) is 2.91. The SMILES string of the molecule is Cc1cc(Oc2nccnc2C(=N)N)c(F)cc1[N+](=O)[O-]. The molecule has 0 fully saturated rings. The molecule has 0 saturated heterocycles. The summed E-state index contributed by atoms with van der Waals surface area (Å²) in [5.74, 6) is -1.73. The van der Waals surface area contributed by atoms with E-state index in [1.807, 2.05) is 0 Å². The number of aromatic nitrogens is 2. The Bertz CT molecular complexity index is 735. The van der Waals surface area contributed by atoms with Gasteiger partial charge in [0.2, 0.25) is 5.88 Å². The van der Waals surface area contributed by atoms with E-state index < -0.39 is 16.6 Å². The quantitative estimate of drug-likeness (QED) is 0.383. The van der Waals surface area contributed by atoms with Crippen LogP contribution in [-0.4, -0.2) is 20.7 Å². The number of ether oxygens (including phenoxy) is 1. The third-order valence-corrected chi connectivity index (χ3v) is 2.57. The molecule has 0 radical (unpaired) electrons. The van der Waals surface area contributed by atoms with Crippen LogP contribution in [0, 0.1) is 28.3 Å². The minimum absolute atomic E-state index is 0.0482. The second-order valence-corrected chi connectivity index (χ2v) is 4.05. The summed E-state index contributed by atoms with van der Waals surface area (Å²) in [7, 11) is 0. The molecular formula is C12H10FN5O3. The van der Waals surface area contributed by atoms with E-state index in [1.54, 1.807) is 0 Å². The smallest absolute Gasteiger partial charge is 0.275 e. The van der Waals surface area contributed by atoms with Crippen LogP contribution < -0.4 is 10.5 Å². The molecule has 1 aromatic heterocycles. The lowest BCUT2D eigenvalue weighted by molar-refractivity contribution is -0.385. The van der Waals surface area contributed by atoms with Gasteiger partial charge in [0.15, 0.2) is 17.3 Å². The van der Waals surface area contributed by atoms with Crippen molar-refractivity contribution in [2.75, 3.05) is 0 Å². The minimum Gasteiger partial charge on any atom is -0.434 e. The Morgan fingerprint density at radius 3 is 2.71 bits per heavy atom. The molecule has 2 aromatic rings. The summed E-state index contributed by atoms with van der Waals surface area (Å²) in [6, 6.07) is 1.93. The second kappa shape index (κ2) is 5.49. The molecule has 0 bridgehead atoms. The molecule has 0 unspecified atom stereocenters. The summed E-state index contributed by atoms with van der Waals surface area (Å²) >= 11 is 0. The number of nitro groups is 1. The highest BCUT2D eigenvalue weighted by molar-refractivity contribution is 5.95. The fraction of sp³-hybridized carbons (Fsp3) is 0.0833. The van der Waals surface area contributed by atoms with Gasteiger partial charge in [-0.1, -0.05) is 0 Å². The van der Waals surface area contributed by atoms with Crippen molar-refractivity contribution >= 4 is 11.5 Å². The summed E-state index contributed by atoms with van der Waals surface area (Å²) < 4.78 is 19.1. The van der Waals surface area contributed by atoms with Crippen LogP contribution in [0.3, 0.4) is 0 Å². The zero-order valence-electron chi connectivity index (χ0n) is 10.8. The summed E-state index contributed by atoms with van der Waals surface area (Å²) in [4.78, 5) is 17.7. The molecule has 108 valence electrons. The van der Waals surface area contributed by atoms with Gasteiger partial charge in [0, 0.05) is 18.0 Å². The normalized spacial score (nSPS) is 10.2. The highest BCUT2D eigenvalue weighted by Crippen LogP contribution is 2.30. The van der Waals surface area contributed by atoms with Crippen LogP contribution in [0.25, 0.3) is 0 Å². The van der Waals surface area contributed by atoms with Crippen molar-refractivity contribution in [3.8, 4) is 11.6 Å². The molecule has 0 aliphatic rings. The van der Waals surface area contributed by atoms with Crippen LogP contribution in [-0.2, 0) is 0 Å². The molecule has 2 rings (SSSR count). The Labute approximate surface area is 118 Å². The van der Waals surface area contributed by atoms with Gasteiger partial charge in [-0.05, 0) is 13.0 Å². The molecular weight excluding hydrogens is 281 g/mol. The van der Waals surface area contributed by atoms with E-state index in [4.69, 9.17) is 15.9 Å². The number of rotatable bonds is 4. The van der Waals surface area contributed by atoms with E-state index in [-0.39, 0.29) is 28.6 Å². The maximum Gasteiger partial charge on any atom is 0.275 e. The molecule has 8 nitrogen and oxygen atoms in total. The largest absolute Gasteiger partial charge is 0.434 e. The Kier molecular flexibility index (Phi) is 3.74. The average Bonchev–Trinajstić information content (AvgIpc) is 2.42. The van der Waals surface area contributed by atoms with E-state index in [9.17, 15) is 14.5 Å². The molecule has 0 amide bonds. The van der Waals surface area contributed by atoms with E-state index in [0.717, 1.165) is 6.07 Å². The van der Waals surface area contributed by atoms with E-state index in [0.29, 0.717) is 0 Å². The number of amidine groups is 1. The number of aryl methyl sites for hydroxylation is 1. The Morgan fingerprint density at radius 2 is 2.10 bits per heavy atom. The monoisotopic (exact) mass is 291 g/mol. The highest BCUT2D eigenvalue weighted by Gasteiger charge is 2.19. The van der Waals surface area contributed by atoms with Crippen LogP contribution >= 0.6 is 0 Å². The lowest BCUT2D eigenvalue weighted by atomic mass is 10.2. The van der Waals surface area contributed by atoms with E-state index in [2.05, 4.69) is 9.97 Å². The Hall–Kier alpha value is -3.10. The Morgan fingerprint density at radius 1 is 1.43 bits per heavy atom. The number of nitrogen functional groups attached to an aromatic ring is 1. The molecule has 0 aliphatic heterocycles. The van der Waals surface area contributed by atoms with Crippen molar-refractivity contribution in [1.82, 2.24) is 9.97 Å². The number of nitrogens with two attached hydrogens (primary N) is 1. The number of nitrogens with zero attached hydrogens (tertiary/aromatic N) is 3. The first kappa shape index (κ1) is 14.3. The molecule has 0 spiro atoms. The first-order valence-corrected chi connectivity index (χ1v) is 5.68. The maximum absolute atomic E-state index is 13.8. The van der Waals surface area contributed by atoms with Crippen molar-refractivity contribution < 1.29 is 14.1 Å². The lowest BCUT2D eigenvalue weighted by Gasteiger charge is -2.09. The van der Waals surface area contributed by atoms with Crippen LogP contribution in [0.5, 0.6) is 11.6 Å². The number of nitrogens with one attached hydrogen (secondary N) is 1. The van der Waals surface area contributed by atoms with Gasteiger partial charge in [-0.3, -0.25) is 15.5 Å². The van der Waals surface area contributed by atoms with Crippen molar-refractivity contribution in [2.45, 2.75) is 6.92 Å². The minimum atomic E-state index is -0.924. The van der Waals surface area contributed by atoms with Crippen molar-refractivity contribution in [3.63, 3.8) is 0 Å². The van der Waals surface area contributed by atoms with Crippen LogP contribution in [0.1, 0.15) is 11.3 Å². The Balaban J connectivity index is 2.44. The number of nitro benzene ring substituents is 1. The third-order valence-electron chi connectivity index (χ3n) is 2.57. The van der Waals surface area contributed by atoms with Crippen molar-refractivity contribution in [3.05, 3.63) is 51.7 Å². The fourth-order valence-corrected chi connectivity index (χ4v) is 1.61. The molecule has 1 heterocycles. The topological polar surface area (TPSA) is 128 Å². The van der Waals surface area contributed by atoms with Gasteiger partial charge in [-0.2, -0.15) is 0 Å². The van der Waals surface area contributed by atoms with Gasteiger partial charge in [-0.15, -0.1) is 0 Å². The summed E-state index contributed by atoms with van der Waals surface area (Å²) in [5.41, 5.74) is 5.14. The molecule has 21 heavy (non-hydrogen) atoms. The van der Waals surface area contributed by atoms with Crippen molar-refractivity contribution in [1.29, 1.82) is 5.41 Å². The highest BCUT2D eigenvalue weighted by atomic mass is 19.1. The second-order valence-electron chi connectivity index (χ2n) is 4.05. The van der Waals surface area contributed by atoms with Crippen LogP contribution in [0.2, 0.25) is 0 Å². The average molecular weight is 291 g/mol. The summed E-state index contributed by atoms with van der Waals surface area (Å²) in [5, 5.41) is 18.1.